The first-order chi connectivity index (χ1) is 17.1. The molecule has 0 radical (unpaired) electrons. The van der Waals surface area contributed by atoms with Gasteiger partial charge in [0.25, 0.3) is 0 Å². The van der Waals surface area contributed by atoms with Crippen LogP contribution in [0.2, 0.25) is 0 Å². The topological polar surface area (TPSA) is 31.4 Å². The Labute approximate surface area is 203 Å². The van der Waals surface area contributed by atoms with E-state index in [0.717, 1.165) is 29.0 Å². The summed E-state index contributed by atoms with van der Waals surface area (Å²) in [6.45, 7) is -1.35. The van der Waals surface area contributed by atoms with Gasteiger partial charge in [0.2, 0.25) is 0 Å². The molecule has 0 atom stereocenters. The van der Waals surface area contributed by atoms with Crippen LogP contribution in [0.1, 0.15) is 16.7 Å². The fraction of sp³-hybridized carbons (Fsp3) is 0.222. The lowest BCUT2D eigenvalue weighted by atomic mass is 9.98. The molecule has 0 fully saturated rings. The molecule has 0 aliphatic heterocycles. The normalized spacial score (nSPS) is 11.8. The Morgan fingerprint density at radius 2 is 1.58 bits per heavy atom. The second-order valence-electron chi connectivity index (χ2n) is 8.25. The predicted molar refractivity (Wildman–Crippen MR) is 123 cm³/mol. The summed E-state index contributed by atoms with van der Waals surface area (Å²) in [5, 5.41) is 1.06. The maximum absolute atomic E-state index is 15.2. The fourth-order valence-corrected chi connectivity index (χ4v) is 3.86. The Morgan fingerprint density at radius 3 is 2.22 bits per heavy atom. The number of nitrogens with zero attached hydrogens (tertiary/aromatic N) is 1. The van der Waals surface area contributed by atoms with Crippen LogP contribution < -0.4 is 4.74 Å². The summed E-state index contributed by atoms with van der Waals surface area (Å²) >= 11 is 0. The molecular weight excluding hydrogens is 484 g/mol. The molecule has 0 aliphatic rings. The van der Waals surface area contributed by atoms with Crippen LogP contribution in [0.5, 0.6) is 5.75 Å². The molecule has 0 N–H and O–H groups in total. The van der Waals surface area contributed by atoms with Gasteiger partial charge in [0.15, 0.2) is 24.0 Å². The van der Waals surface area contributed by atoms with Crippen LogP contribution in [-0.4, -0.2) is 24.9 Å². The molecule has 0 unspecified atom stereocenters. The summed E-state index contributed by atoms with van der Waals surface area (Å²) in [7, 11) is 1.60. The number of benzene rings is 3. The van der Waals surface area contributed by atoms with Crippen molar-refractivity contribution in [2.24, 2.45) is 0 Å². The first-order valence-corrected chi connectivity index (χ1v) is 11.0. The average molecular weight is 505 g/mol. The standard InChI is InChI=1S/C27H21F6NO2/c1-35-14-17-3-9-24(34-13-17)20-7-8-21-19(12-20)6-5-18(25(21)30)4-2-16-10-22(28)26(23(29)11-16)36-15-27(31,32)33/h3,5-13H,2,4,14-15H2,1H3. The lowest BCUT2D eigenvalue weighted by Gasteiger charge is -2.12. The van der Waals surface area contributed by atoms with Gasteiger partial charge in [-0.3, -0.25) is 4.98 Å². The maximum atomic E-state index is 15.2. The molecule has 9 heteroatoms. The maximum Gasteiger partial charge on any atom is 0.422 e. The fourth-order valence-electron chi connectivity index (χ4n) is 3.86. The van der Waals surface area contributed by atoms with Crippen LogP contribution in [0.4, 0.5) is 26.3 Å². The highest BCUT2D eigenvalue weighted by molar-refractivity contribution is 5.88. The van der Waals surface area contributed by atoms with Gasteiger partial charge < -0.3 is 9.47 Å². The SMILES string of the molecule is COCc1ccc(-c2ccc3c(F)c(CCc4cc(F)c(OCC(F)(F)F)c(F)c4)ccc3c2)nc1. The third-order valence-electron chi connectivity index (χ3n) is 5.59. The molecule has 1 aromatic heterocycles. The van der Waals surface area contributed by atoms with Crippen LogP contribution >= 0.6 is 0 Å². The van der Waals surface area contributed by atoms with Crippen LogP contribution in [-0.2, 0) is 24.2 Å². The first-order valence-electron chi connectivity index (χ1n) is 11.0. The number of hydrogen-bond donors (Lipinski definition) is 0. The van der Waals surface area contributed by atoms with Crippen molar-refractivity contribution in [2.45, 2.75) is 25.6 Å². The quantitative estimate of drug-likeness (QED) is 0.238. The molecule has 3 nitrogen and oxygen atoms in total. The van der Waals surface area contributed by atoms with E-state index in [2.05, 4.69) is 9.72 Å². The van der Waals surface area contributed by atoms with E-state index in [9.17, 15) is 22.0 Å². The second kappa shape index (κ2) is 10.6. The van der Waals surface area contributed by atoms with Crippen molar-refractivity contribution in [1.82, 2.24) is 4.98 Å². The number of hydrogen-bond acceptors (Lipinski definition) is 3. The van der Waals surface area contributed by atoms with Crippen LogP contribution in [0.3, 0.4) is 0 Å². The predicted octanol–water partition coefficient (Wildman–Crippen LogP) is 7.19. The Bertz CT molecular complexity index is 1350. The minimum absolute atomic E-state index is 0.0750. The highest BCUT2D eigenvalue weighted by Crippen LogP contribution is 2.29. The largest absolute Gasteiger partial charge is 0.478 e. The Morgan fingerprint density at radius 1 is 0.833 bits per heavy atom. The Balaban J connectivity index is 1.50. The van der Waals surface area contributed by atoms with Crippen molar-refractivity contribution in [2.75, 3.05) is 13.7 Å². The molecule has 0 amide bonds. The van der Waals surface area contributed by atoms with Crippen molar-refractivity contribution in [3.63, 3.8) is 0 Å². The molecule has 1 heterocycles. The van der Waals surface area contributed by atoms with Gasteiger partial charge in [0.1, 0.15) is 5.82 Å². The molecule has 0 saturated carbocycles. The van der Waals surface area contributed by atoms with Crippen molar-refractivity contribution < 1.29 is 35.8 Å². The number of methoxy groups -OCH3 is 1. The number of aryl methyl sites for hydroxylation is 2. The monoisotopic (exact) mass is 505 g/mol. The van der Waals surface area contributed by atoms with E-state index in [1.54, 1.807) is 37.6 Å². The minimum Gasteiger partial charge on any atom is -0.478 e. The summed E-state index contributed by atoms with van der Waals surface area (Å²) in [5.74, 6) is -4.03. The molecular formula is C27H21F6NO2. The molecule has 4 aromatic rings. The van der Waals surface area contributed by atoms with E-state index in [0.29, 0.717) is 22.9 Å². The van der Waals surface area contributed by atoms with E-state index < -0.39 is 36.0 Å². The summed E-state index contributed by atoms with van der Waals surface area (Å²) in [6.07, 6.45) is -2.80. The zero-order valence-corrected chi connectivity index (χ0v) is 19.1. The van der Waals surface area contributed by atoms with E-state index in [1.807, 2.05) is 18.2 Å². The number of aromatic nitrogens is 1. The number of fused-ring (bicyclic) bond motifs is 1. The summed E-state index contributed by atoms with van der Waals surface area (Å²) in [4.78, 5) is 4.42. The van der Waals surface area contributed by atoms with Gasteiger partial charge in [-0.2, -0.15) is 13.2 Å². The van der Waals surface area contributed by atoms with E-state index in [1.165, 1.54) is 0 Å². The molecule has 0 spiro atoms. The van der Waals surface area contributed by atoms with Gasteiger partial charge in [0.05, 0.1) is 12.3 Å². The Hall–Kier alpha value is -3.59. The van der Waals surface area contributed by atoms with Gasteiger partial charge >= 0.3 is 6.18 Å². The van der Waals surface area contributed by atoms with Crippen molar-refractivity contribution in [1.29, 1.82) is 0 Å². The number of alkyl halides is 3. The third-order valence-corrected chi connectivity index (χ3v) is 5.59. The summed E-state index contributed by atoms with van der Waals surface area (Å²) in [6, 6.07) is 14.1. The summed E-state index contributed by atoms with van der Waals surface area (Å²) in [5.41, 5.74) is 2.99. The molecule has 3 aromatic carbocycles. The van der Waals surface area contributed by atoms with E-state index in [4.69, 9.17) is 4.74 Å². The Kier molecular flexibility index (Phi) is 7.49. The highest BCUT2D eigenvalue weighted by Gasteiger charge is 2.30. The zero-order chi connectivity index (χ0) is 25.9. The number of halogens is 6. The number of pyridine rings is 1. The lowest BCUT2D eigenvalue weighted by Crippen LogP contribution is -2.20. The van der Waals surface area contributed by atoms with Crippen molar-refractivity contribution in [3.8, 4) is 17.0 Å². The van der Waals surface area contributed by atoms with Gasteiger partial charge in [-0.05, 0) is 59.2 Å². The molecule has 0 bridgehead atoms. The van der Waals surface area contributed by atoms with Gasteiger partial charge in [-0.1, -0.05) is 30.3 Å². The average Bonchev–Trinajstić information content (AvgIpc) is 2.83. The van der Waals surface area contributed by atoms with Crippen LogP contribution in [0, 0.1) is 17.5 Å². The molecule has 0 saturated heterocycles. The first kappa shape index (κ1) is 25.5. The highest BCUT2D eigenvalue weighted by atomic mass is 19.4. The van der Waals surface area contributed by atoms with Gasteiger partial charge in [-0.15, -0.1) is 0 Å². The second-order valence-corrected chi connectivity index (χ2v) is 8.25. The van der Waals surface area contributed by atoms with Crippen molar-refractivity contribution in [3.05, 3.63) is 94.9 Å². The minimum atomic E-state index is -4.73. The smallest absolute Gasteiger partial charge is 0.422 e. The summed E-state index contributed by atoms with van der Waals surface area (Å²) < 4.78 is 89.6. The molecule has 4 rings (SSSR count). The van der Waals surface area contributed by atoms with Crippen LogP contribution in [0.15, 0.2) is 60.8 Å². The number of rotatable bonds is 8. The van der Waals surface area contributed by atoms with E-state index in [-0.39, 0.29) is 18.4 Å². The molecule has 188 valence electrons. The van der Waals surface area contributed by atoms with E-state index >= 15 is 4.39 Å². The van der Waals surface area contributed by atoms with Crippen LogP contribution in [0.25, 0.3) is 22.0 Å². The van der Waals surface area contributed by atoms with Crippen molar-refractivity contribution >= 4 is 10.8 Å². The number of ether oxygens (including phenoxy) is 2. The van der Waals surface area contributed by atoms with Gasteiger partial charge in [0, 0.05) is 24.3 Å². The third kappa shape index (κ3) is 5.96. The molecule has 36 heavy (non-hydrogen) atoms. The van der Waals surface area contributed by atoms with Gasteiger partial charge in [-0.25, -0.2) is 13.2 Å². The zero-order valence-electron chi connectivity index (χ0n) is 19.1. The molecule has 0 aliphatic carbocycles. The lowest BCUT2D eigenvalue weighted by molar-refractivity contribution is -0.154.